The third-order valence-electron chi connectivity index (χ3n) is 3.67. The van der Waals surface area contributed by atoms with Gasteiger partial charge in [0.15, 0.2) is 9.58 Å². The van der Waals surface area contributed by atoms with Crippen LogP contribution in [0.1, 0.15) is 31.2 Å². The molecule has 3 rings (SSSR count). The van der Waals surface area contributed by atoms with E-state index in [-0.39, 0.29) is 17.8 Å². The molecular formula is C17H16ClF3S. The van der Waals surface area contributed by atoms with Crippen LogP contribution in [-0.4, -0.2) is 0 Å². The van der Waals surface area contributed by atoms with E-state index in [1.807, 2.05) is 32.9 Å². The summed E-state index contributed by atoms with van der Waals surface area (Å²) in [6, 6.07) is 7.17. The number of rotatable bonds is 1. The summed E-state index contributed by atoms with van der Waals surface area (Å²) in [5.74, 6) is 0. The van der Waals surface area contributed by atoms with E-state index in [4.69, 9.17) is 0 Å². The number of halogens is 4. The topological polar surface area (TPSA) is 0 Å². The lowest BCUT2D eigenvalue weighted by Crippen LogP contribution is -3.00. The molecule has 0 nitrogen and oxygen atoms in total. The SMILES string of the molecule is CC(C)(C)c1ccc2cc(C3=CC=C3)[s+](C(F)(F)F)c2c1.[Cl-]. The smallest absolute Gasteiger partial charge is 0.601 e. The Labute approximate surface area is 136 Å². The van der Waals surface area contributed by atoms with E-state index in [1.165, 1.54) is 0 Å². The van der Waals surface area contributed by atoms with Crippen molar-refractivity contribution in [3.8, 4) is 0 Å². The maximum Gasteiger partial charge on any atom is 0.601 e. The molecule has 22 heavy (non-hydrogen) atoms. The molecule has 1 aliphatic carbocycles. The lowest BCUT2D eigenvalue weighted by Gasteiger charge is -2.18. The summed E-state index contributed by atoms with van der Waals surface area (Å²) < 4.78 is 41.1. The van der Waals surface area contributed by atoms with Gasteiger partial charge in [-0.15, -0.1) is 13.2 Å². The van der Waals surface area contributed by atoms with Gasteiger partial charge in [0.2, 0.25) is 0 Å². The average Bonchev–Trinajstić information content (AvgIpc) is 2.61. The molecule has 1 aromatic heterocycles. The van der Waals surface area contributed by atoms with Gasteiger partial charge in [-0.2, -0.15) is 0 Å². The van der Waals surface area contributed by atoms with Crippen LogP contribution in [0.4, 0.5) is 13.2 Å². The molecule has 0 fully saturated rings. The Morgan fingerprint density at radius 1 is 1.00 bits per heavy atom. The molecule has 0 bridgehead atoms. The molecule has 0 saturated heterocycles. The van der Waals surface area contributed by atoms with Gasteiger partial charge in [-0.25, -0.2) is 0 Å². The Morgan fingerprint density at radius 3 is 2.09 bits per heavy atom. The second kappa shape index (κ2) is 5.43. The van der Waals surface area contributed by atoms with Crippen molar-refractivity contribution >= 4 is 26.1 Å². The van der Waals surface area contributed by atoms with Crippen molar-refractivity contribution in [2.75, 3.05) is 0 Å². The summed E-state index contributed by atoms with van der Waals surface area (Å²) in [6.45, 7) is 6.04. The van der Waals surface area contributed by atoms with Gasteiger partial charge < -0.3 is 12.4 Å². The molecule has 5 heteroatoms. The number of fused-ring (bicyclic) bond motifs is 1. The van der Waals surface area contributed by atoms with Crippen molar-refractivity contribution < 1.29 is 25.6 Å². The molecule has 0 aliphatic heterocycles. The van der Waals surface area contributed by atoms with E-state index in [1.54, 1.807) is 30.4 Å². The van der Waals surface area contributed by atoms with Gasteiger partial charge in [0.25, 0.3) is 0 Å². The van der Waals surface area contributed by atoms with E-state index in [0.29, 0.717) is 20.5 Å². The highest BCUT2D eigenvalue weighted by atomic mass is 35.5. The Bertz CT molecular complexity index is 774. The van der Waals surface area contributed by atoms with Crippen LogP contribution < -0.4 is 12.4 Å². The highest BCUT2D eigenvalue weighted by Gasteiger charge is 2.48. The summed E-state index contributed by atoms with van der Waals surface area (Å²) in [7, 11) is -1.84. The third-order valence-corrected chi connectivity index (χ3v) is 5.72. The van der Waals surface area contributed by atoms with Crippen LogP contribution in [0.3, 0.4) is 0 Å². The zero-order valence-electron chi connectivity index (χ0n) is 12.5. The maximum atomic E-state index is 13.6. The first-order valence-corrected chi connectivity index (χ1v) is 7.96. The summed E-state index contributed by atoms with van der Waals surface area (Å²) in [6.07, 6.45) is 5.26. The molecule has 0 radical (unpaired) electrons. The molecule has 0 N–H and O–H groups in total. The van der Waals surface area contributed by atoms with Crippen molar-refractivity contribution in [1.29, 1.82) is 0 Å². The summed E-state index contributed by atoms with van der Waals surface area (Å²) in [5.41, 5.74) is -2.76. The van der Waals surface area contributed by atoms with Crippen LogP contribution >= 0.6 is 10.5 Å². The summed E-state index contributed by atoms with van der Waals surface area (Å²) >= 11 is 0. The minimum atomic E-state index is -4.24. The number of allylic oxidation sites excluding steroid dienone is 4. The minimum absolute atomic E-state index is 0. The van der Waals surface area contributed by atoms with Crippen LogP contribution in [0, 0.1) is 0 Å². The van der Waals surface area contributed by atoms with Crippen LogP contribution in [0.25, 0.3) is 15.7 Å². The Hall–Kier alpha value is -1.26. The molecule has 0 saturated carbocycles. The van der Waals surface area contributed by atoms with Crippen molar-refractivity contribution in [3.05, 3.63) is 52.9 Å². The fraction of sp³-hybridized carbons (Fsp3) is 0.294. The molecule has 1 aromatic carbocycles. The number of alkyl halides is 3. The van der Waals surface area contributed by atoms with E-state index < -0.39 is 16.0 Å². The summed E-state index contributed by atoms with van der Waals surface area (Å²) in [4.78, 5) is 0.394. The van der Waals surface area contributed by atoms with E-state index >= 15 is 0 Å². The minimum Gasteiger partial charge on any atom is -1.00 e. The van der Waals surface area contributed by atoms with Crippen molar-refractivity contribution in [1.82, 2.24) is 0 Å². The number of thiophene rings is 1. The lowest BCUT2D eigenvalue weighted by molar-refractivity contribution is -0.0866. The van der Waals surface area contributed by atoms with E-state index in [9.17, 15) is 13.2 Å². The quantitative estimate of drug-likeness (QED) is 0.696. The van der Waals surface area contributed by atoms with Crippen LogP contribution in [-0.2, 0) is 10.9 Å². The Balaban J connectivity index is 0.00000176. The van der Waals surface area contributed by atoms with Gasteiger partial charge in [0, 0.05) is 23.1 Å². The van der Waals surface area contributed by atoms with E-state index in [2.05, 4.69) is 0 Å². The molecular weight excluding hydrogens is 329 g/mol. The van der Waals surface area contributed by atoms with Crippen molar-refractivity contribution in [2.45, 2.75) is 31.7 Å². The van der Waals surface area contributed by atoms with Crippen LogP contribution in [0.5, 0.6) is 0 Å². The first-order chi connectivity index (χ1) is 9.68. The monoisotopic (exact) mass is 344 g/mol. The van der Waals surface area contributed by atoms with Crippen molar-refractivity contribution in [2.24, 2.45) is 0 Å². The zero-order chi connectivity index (χ0) is 15.4. The van der Waals surface area contributed by atoms with Crippen molar-refractivity contribution in [3.63, 3.8) is 0 Å². The van der Waals surface area contributed by atoms with Crippen LogP contribution in [0.15, 0.2) is 42.5 Å². The van der Waals surface area contributed by atoms with E-state index in [0.717, 1.165) is 5.56 Å². The summed E-state index contributed by atoms with van der Waals surface area (Å²) in [5, 5.41) is 0.694. The molecule has 0 spiro atoms. The molecule has 1 atom stereocenters. The maximum absolute atomic E-state index is 13.6. The molecule has 1 heterocycles. The second-order valence-electron chi connectivity index (χ2n) is 6.24. The van der Waals surface area contributed by atoms with Gasteiger partial charge in [0.1, 0.15) is 10.5 Å². The van der Waals surface area contributed by atoms with Gasteiger partial charge in [-0.3, -0.25) is 0 Å². The Morgan fingerprint density at radius 2 is 1.64 bits per heavy atom. The predicted molar refractivity (Wildman–Crippen MR) is 83.5 cm³/mol. The van der Waals surface area contributed by atoms with Gasteiger partial charge >= 0.3 is 5.51 Å². The normalized spacial score (nSPS) is 15.4. The molecule has 1 unspecified atom stereocenters. The average molecular weight is 345 g/mol. The standard InChI is InChI=1S/C17H16F3S.ClH/c1-16(2,3)13-8-7-12-9-14(11-5-4-6-11)21(15(12)10-13)17(18,19)20;/h4-10H,1-3H3;1H/q+1;/p-1. The fourth-order valence-electron chi connectivity index (χ4n) is 2.42. The number of hydrogen-bond donors (Lipinski definition) is 0. The van der Waals surface area contributed by atoms with Gasteiger partial charge in [-0.1, -0.05) is 32.9 Å². The van der Waals surface area contributed by atoms with Gasteiger partial charge in [0.05, 0.1) is 0 Å². The van der Waals surface area contributed by atoms with Gasteiger partial charge in [-0.05, 0) is 29.2 Å². The zero-order valence-corrected chi connectivity index (χ0v) is 14.0. The Kier molecular flexibility index (Phi) is 4.22. The number of benzene rings is 1. The fourth-order valence-corrected chi connectivity index (χ4v) is 4.38. The van der Waals surface area contributed by atoms with Crippen LogP contribution in [0.2, 0.25) is 0 Å². The molecule has 0 amide bonds. The molecule has 2 aromatic rings. The second-order valence-corrected chi connectivity index (χ2v) is 8.20. The highest BCUT2D eigenvalue weighted by molar-refractivity contribution is 7.39. The third kappa shape index (κ3) is 2.82. The highest BCUT2D eigenvalue weighted by Crippen LogP contribution is 2.54. The number of hydrogen-bond acceptors (Lipinski definition) is 0. The lowest BCUT2D eigenvalue weighted by atomic mass is 9.87. The molecule has 118 valence electrons. The predicted octanol–water partition coefficient (Wildman–Crippen LogP) is 3.32. The first-order valence-electron chi connectivity index (χ1n) is 6.74. The first kappa shape index (κ1) is 17.1. The largest absolute Gasteiger partial charge is 1.00 e. The molecule has 1 aliphatic rings.